The van der Waals surface area contributed by atoms with Crippen molar-refractivity contribution >= 4 is 13.0 Å². The molecule has 5 atom stereocenters. The van der Waals surface area contributed by atoms with E-state index in [4.69, 9.17) is 4.74 Å². The van der Waals surface area contributed by atoms with Crippen molar-refractivity contribution in [3.05, 3.63) is 29.3 Å². The van der Waals surface area contributed by atoms with Gasteiger partial charge in [-0.3, -0.25) is 4.79 Å². The van der Waals surface area contributed by atoms with E-state index in [9.17, 15) is 14.8 Å². The van der Waals surface area contributed by atoms with Crippen LogP contribution in [-0.2, 0) is 4.79 Å². The number of ether oxygens (including phenoxy) is 1. The molecule has 1 aromatic carbocycles. The van der Waals surface area contributed by atoms with E-state index < -0.39 is 13.1 Å². The van der Waals surface area contributed by atoms with Crippen LogP contribution in [0.4, 0.5) is 0 Å². The first-order chi connectivity index (χ1) is 12.0. The fourth-order valence-electron chi connectivity index (χ4n) is 5.08. The number of nitrogens with one attached hydrogen (secondary N) is 1. The van der Waals surface area contributed by atoms with E-state index >= 15 is 0 Å². The lowest BCUT2D eigenvalue weighted by molar-refractivity contribution is -0.127. The molecule has 1 aliphatic heterocycles. The van der Waals surface area contributed by atoms with Gasteiger partial charge in [-0.15, -0.1) is 0 Å². The van der Waals surface area contributed by atoms with Crippen molar-refractivity contribution < 1.29 is 19.6 Å². The van der Waals surface area contributed by atoms with Gasteiger partial charge in [-0.05, 0) is 50.0 Å². The molecule has 1 aromatic rings. The SMILES string of the molecule is Cc1cccc2c1OC[C@H]2C[C@H](NC(=O)[C@@H]1C[C@H]2CC[C@@H]1C2)B(O)O. The second-order valence-electron chi connectivity index (χ2n) is 8.05. The van der Waals surface area contributed by atoms with Crippen molar-refractivity contribution in [3.63, 3.8) is 0 Å². The lowest BCUT2D eigenvalue weighted by Crippen LogP contribution is -2.49. The number of para-hydroxylation sites is 1. The van der Waals surface area contributed by atoms with E-state index in [1.165, 1.54) is 6.42 Å². The van der Waals surface area contributed by atoms with Gasteiger partial charge in [0.05, 0.1) is 12.5 Å². The van der Waals surface area contributed by atoms with Crippen molar-refractivity contribution in [2.75, 3.05) is 6.61 Å². The minimum Gasteiger partial charge on any atom is -0.492 e. The maximum Gasteiger partial charge on any atom is 0.475 e. The Morgan fingerprint density at radius 2 is 2.20 bits per heavy atom. The highest BCUT2D eigenvalue weighted by atomic mass is 16.5. The number of carbonyl (C=O) groups is 1. The highest BCUT2D eigenvalue weighted by Crippen LogP contribution is 2.48. The van der Waals surface area contributed by atoms with Crippen LogP contribution in [0.1, 0.15) is 49.1 Å². The summed E-state index contributed by atoms with van der Waals surface area (Å²) in [5.74, 6) is 1.53. The standard InChI is InChI=1S/C19H26BNO4/c1-11-3-2-4-15-14(10-25-18(11)15)9-17(20(23)24)21-19(22)16-8-12-5-6-13(16)7-12/h2-4,12-14,16-17,23-24H,5-10H2,1H3,(H,21,22)/t12-,13+,14+,16+,17-/m0/s1. The molecule has 4 rings (SSSR count). The average Bonchev–Trinajstić information content (AvgIpc) is 3.30. The molecule has 6 heteroatoms. The Kier molecular flexibility index (Phi) is 4.50. The summed E-state index contributed by atoms with van der Waals surface area (Å²) in [6.07, 6.45) is 4.97. The van der Waals surface area contributed by atoms with Gasteiger partial charge in [0.1, 0.15) is 5.75 Å². The molecule has 0 saturated heterocycles. The monoisotopic (exact) mass is 343 g/mol. The van der Waals surface area contributed by atoms with Crippen LogP contribution < -0.4 is 10.1 Å². The van der Waals surface area contributed by atoms with Gasteiger partial charge in [-0.25, -0.2) is 0 Å². The Bertz CT molecular complexity index is 665. The molecule has 2 bridgehead atoms. The van der Waals surface area contributed by atoms with E-state index in [2.05, 4.69) is 5.32 Å². The summed E-state index contributed by atoms with van der Waals surface area (Å²) in [5.41, 5.74) is 2.19. The number of amides is 1. The number of hydrogen-bond donors (Lipinski definition) is 3. The summed E-state index contributed by atoms with van der Waals surface area (Å²) in [6, 6.07) is 6.03. The molecule has 0 spiro atoms. The number of benzene rings is 1. The molecule has 1 amide bonds. The third-order valence-corrected chi connectivity index (χ3v) is 6.41. The van der Waals surface area contributed by atoms with E-state index in [1.54, 1.807) is 0 Å². The van der Waals surface area contributed by atoms with E-state index in [1.807, 2.05) is 25.1 Å². The van der Waals surface area contributed by atoms with Gasteiger partial charge in [-0.2, -0.15) is 0 Å². The van der Waals surface area contributed by atoms with Gasteiger partial charge in [0.2, 0.25) is 5.91 Å². The van der Waals surface area contributed by atoms with Gasteiger partial charge in [-0.1, -0.05) is 24.6 Å². The van der Waals surface area contributed by atoms with Crippen molar-refractivity contribution in [2.45, 2.75) is 50.9 Å². The van der Waals surface area contributed by atoms with Crippen LogP contribution in [0, 0.1) is 24.7 Å². The van der Waals surface area contributed by atoms with Crippen LogP contribution >= 0.6 is 0 Å². The van der Waals surface area contributed by atoms with E-state index in [-0.39, 0.29) is 17.7 Å². The van der Waals surface area contributed by atoms with Gasteiger partial charge in [0.25, 0.3) is 0 Å². The zero-order valence-corrected chi connectivity index (χ0v) is 14.6. The predicted molar refractivity (Wildman–Crippen MR) is 95.1 cm³/mol. The molecule has 3 aliphatic rings. The second-order valence-corrected chi connectivity index (χ2v) is 8.05. The van der Waals surface area contributed by atoms with Crippen LogP contribution in [0.2, 0.25) is 0 Å². The maximum atomic E-state index is 12.7. The third kappa shape index (κ3) is 3.18. The zero-order chi connectivity index (χ0) is 17.6. The summed E-state index contributed by atoms with van der Waals surface area (Å²) in [4.78, 5) is 12.7. The van der Waals surface area contributed by atoms with Gasteiger partial charge in [0.15, 0.2) is 0 Å². The topological polar surface area (TPSA) is 78.8 Å². The van der Waals surface area contributed by atoms with E-state index in [0.717, 1.165) is 36.1 Å². The van der Waals surface area contributed by atoms with Crippen LogP contribution in [0.3, 0.4) is 0 Å². The Morgan fingerprint density at radius 1 is 1.36 bits per heavy atom. The summed E-state index contributed by atoms with van der Waals surface area (Å²) >= 11 is 0. The van der Waals surface area contributed by atoms with Crippen LogP contribution in [-0.4, -0.2) is 35.6 Å². The Balaban J connectivity index is 1.43. The van der Waals surface area contributed by atoms with Crippen LogP contribution in [0.15, 0.2) is 18.2 Å². The first-order valence-electron chi connectivity index (χ1n) is 9.41. The quantitative estimate of drug-likeness (QED) is 0.713. The fraction of sp³-hybridized carbons (Fsp3) is 0.632. The van der Waals surface area contributed by atoms with Crippen molar-refractivity contribution in [2.24, 2.45) is 17.8 Å². The Hall–Kier alpha value is -1.53. The van der Waals surface area contributed by atoms with E-state index in [0.29, 0.717) is 24.9 Å². The first-order valence-corrected chi connectivity index (χ1v) is 9.41. The molecule has 2 fully saturated rings. The van der Waals surface area contributed by atoms with Crippen molar-refractivity contribution in [3.8, 4) is 5.75 Å². The van der Waals surface area contributed by atoms with Gasteiger partial charge < -0.3 is 20.1 Å². The molecule has 134 valence electrons. The molecule has 3 N–H and O–H groups in total. The Morgan fingerprint density at radius 3 is 2.88 bits per heavy atom. The molecule has 2 aliphatic carbocycles. The van der Waals surface area contributed by atoms with Crippen LogP contribution in [0.25, 0.3) is 0 Å². The zero-order valence-electron chi connectivity index (χ0n) is 14.6. The predicted octanol–water partition coefficient (Wildman–Crippen LogP) is 1.79. The minimum absolute atomic E-state index is 0.00585. The summed E-state index contributed by atoms with van der Waals surface area (Å²) in [7, 11) is -1.56. The van der Waals surface area contributed by atoms with Crippen LogP contribution in [0.5, 0.6) is 5.75 Å². The fourth-order valence-corrected chi connectivity index (χ4v) is 5.08. The largest absolute Gasteiger partial charge is 0.492 e. The minimum atomic E-state index is -1.56. The number of aryl methyl sites for hydroxylation is 1. The van der Waals surface area contributed by atoms with Gasteiger partial charge in [0, 0.05) is 17.4 Å². The molecule has 2 saturated carbocycles. The third-order valence-electron chi connectivity index (χ3n) is 6.41. The highest BCUT2D eigenvalue weighted by Gasteiger charge is 2.44. The molecule has 0 unspecified atom stereocenters. The van der Waals surface area contributed by atoms with Crippen molar-refractivity contribution in [1.82, 2.24) is 5.32 Å². The second kappa shape index (κ2) is 6.65. The van der Waals surface area contributed by atoms with Gasteiger partial charge >= 0.3 is 7.12 Å². The number of carbonyl (C=O) groups excluding carboxylic acids is 1. The summed E-state index contributed by atoms with van der Waals surface area (Å²) < 4.78 is 5.79. The molecular weight excluding hydrogens is 317 g/mol. The average molecular weight is 343 g/mol. The lowest BCUT2D eigenvalue weighted by Gasteiger charge is -2.26. The summed E-state index contributed by atoms with van der Waals surface area (Å²) in [5, 5.41) is 22.5. The number of rotatable bonds is 5. The molecule has 1 heterocycles. The molecule has 25 heavy (non-hydrogen) atoms. The molecular formula is C19H26BNO4. The summed E-state index contributed by atoms with van der Waals surface area (Å²) in [6.45, 7) is 2.53. The lowest BCUT2D eigenvalue weighted by atomic mass is 9.73. The number of fused-ring (bicyclic) bond motifs is 3. The molecule has 0 aromatic heterocycles. The Labute approximate surface area is 148 Å². The van der Waals surface area contributed by atoms with Crippen molar-refractivity contribution in [1.29, 1.82) is 0 Å². The normalized spacial score (nSPS) is 30.7. The first kappa shape index (κ1) is 16.9. The molecule has 0 radical (unpaired) electrons. The maximum absolute atomic E-state index is 12.7. The highest BCUT2D eigenvalue weighted by molar-refractivity contribution is 6.43. The number of hydrogen-bond acceptors (Lipinski definition) is 4. The smallest absolute Gasteiger partial charge is 0.475 e. The molecule has 5 nitrogen and oxygen atoms in total.